The maximum absolute atomic E-state index is 12.4. The summed E-state index contributed by atoms with van der Waals surface area (Å²) in [5, 5.41) is 3.44. The average Bonchev–Trinajstić information content (AvgIpc) is 3.06. The fourth-order valence-electron chi connectivity index (χ4n) is 2.66. The molecule has 0 saturated carbocycles. The van der Waals surface area contributed by atoms with Gasteiger partial charge < -0.3 is 19.7 Å². The highest BCUT2D eigenvalue weighted by molar-refractivity contribution is 5.79. The highest BCUT2D eigenvalue weighted by atomic mass is 16.5. The number of ether oxygens (including phenoxy) is 2. The van der Waals surface area contributed by atoms with Gasteiger partial charge in [0, 0.05) is 32.8 Å². The molecule has 0 aliphatic carbocycles. The first-order chi connectivity index (χ1) is 8.81. The highest BCUT2D eigenvalue weighted by Gasteiger charge is 2.29. The van der Waals surface area contributed by atoms with E-state index in [1.165, 1.54) is 6.42 Å². The van der Waals surface area contributed by atoms with Gasteiger partial charge in [-0.2, -0.15) is 0 Å². The van der Waals surface area contributed by atoms with E-state index in [4.69, 9.17) is 9.47 Å². The van der Waals surface area contributed by atoms with Crippen LogP contribution in [0.3, 0.4) is 0 Å². The van der Waals surface area contributed by atoms with Crippen molar-refractivity contribution < 1.29 is 14.3 Å². The van der Waals surface area contributed by atoms with Crippen molar-refractivity contribution >= 4 is 5.91 Å². The first-order valence-electron chi connectivity index (χ1n) is 6.90. The number of nitrogens with zero attached hydrogens (tertiary/aromatic N) is 1. The van der Waals surface area contributed by atoms with E-state index in [1.807, 2.05) is 4.90 Å². The van der Waals surface area contributed by atoms with Gasteiger partial charge in [0.25, 0.3) is 0 Å². The van der Waals surface area contributed by atoms with Crippen LogP contribution < -0.4 is 5.32 Å². The summed E-state index contributed by atoms with van der Waals surface area (Å²) in [4.78, 5) is 14.4. The molecular formula is C13H24N2O3. The molecular weight excluding hydrogens is 232 g/mol. The molecule has 2 heterocycles. The summed E-state index contributed by atoms with van der Waals surface area (Å²) in [6, 6.07) is 0.452. The number of nitrogens with one attached hydrogen (secondary N) is 1. The quantitative estimate of drug-likeness (QED) is 0.740. The second-order valence-corrected chi connectivity index (χ2v) is 5.13. The minimum absolute atomic E-state index is 0.0586. The molecule has 2 fully saturated rings. The summed E-state index contributed by atoms with van der Waals surface area (Å²) in [6.45, 7) is 4.47. The minimum atomic E-state index is 0.0586. The fraction of sp³-hybridized carbons (Fsp3) is 0.923. The van der Waals surface area contributed by atoms with Crippen molar-refractivity contribution in [2.75, 3.05) is 46.6 Å². The first-order valence-corrected chi connectivity index (χ1v) is 6.90. The lowest BCUT2D eigenvalue weighted by Gasteiger charge is -2.27. The van der Waals surface area contributed by atoms with Crippen LogP contribution in [0, 0.1) is 5.92 Å². The van der Waals surface area contributed by atoms with Crippen molar-refractivity contribution in [1.29, 1.82) is 0 Å². The molecule has 0 aromatic carbocycles. The number of methoxy groups -OCH3 is 1. The Kier molecular flexibility index (Phi) is 5.41. The van der Waals surface area contributed by atoms with Gasteiger partial charge in [-0.1, -0.05) is 0 Å². The van der Waals surface area contributed by atoms with Crippen LogP contribution in [0.5, 0.6) is 0 Å². The number of rotatable bonds is 6. The molecule has 5 heteroatoms. The van der Waals surface area contributed by atoms with Crippen molar-refractivity contribution in [1.82, 2.24) is 10.2 Å². The molecule has 2 saturated heterocycles. The average molecular weight is 256 g/mol. The number of carbonyl (C=O) groups is 1. The summed E-state index contributed by atoms with van der Waals surface area (Å²) in [6.07, 6.45) is 3.24. The summed E-state index contributed by atoms with van der Waals surface area (Å²) >= 11 is 0. The van der Waals surface area contributed by atoms with E-state index in [9.17, 15) is 4.79 Å². The zero-order valence-electron chi connectivity index (χ0n) is 11.2. The predicted molar refractivity (Wildman–Crippen MR) is 68.4 cm³/mol. The highest BCUT2D eigenvalue weighted by Crippen LogP contribution is 2.17. The lowest BCUT2D eigenvalue weighted by atomic mass is 10.1. The Morgan fingerprint density at radius 1 is 1.50 bits per heavy atom. The van der Waals surface area contributed by atoms with Crippen LogP contribution in [0.15, 0.2) is 0 Å². The van der Waals surface area contributed by atoms with Crippen LogP contribution in [0.25, 0.3) is 0 Å². The molecule has 1 N–H and O–H groups in total. The van der Waals surface area contributed by atoms with Crippen LogP contribution in [0.1, 0.15) is 19.3 Å². The van der Waals surface area contributed by atoms with Crippen molar-refractivity contribution in [3.63, 3.8) is 0 Å². The third-order valence-electron chi connectivity index (χ3n) is 3.76. The van der Waals surface area contributed by atoms with Crippen molar-refractivity contribution in [2.45, 2.75) is 25.3 Å². The molecule has 0 spiro atoms. The smallest absolute Gasteiger partial charge is 0.228 e. The van der Waals surface area contributed by atoms with Gasteiger partial charge in [0.1, 0.15) is 0 Å². The van der Waals surface area contributed by atoms with Crippen molar-refractivity contribution in [3.8, 4) is 0 Å². The monoisotopic (exact) mass is 256 g/mol. The summed E-state index contributed by atoms with van der Waals surface area (Å²) < 4.78 is 10.4. The number of hydrogen-bond donors (Lipinski definition) is 1. The maximum Gasteiger partial charge on any atom is 0.228 e. The molecule has 2 aliphatic heterocycles. The zero-order chi connectivity index (χ0) is 12.8. The topological polar surface area (TPSA) is 50.8 Å². The SMILES string of the molecule is COCCN(CC1CCCN1)C(=O)C1CCOC1. The van der Waals surface area contributed by atoms with Gasteiger partial charge in [-0.05, 0) is 25.8 Å². The van der Waals surface area contributed by atoms with E-state index in [0.29, 0.717) is 25.8 Å². The summed E-state index contributed by atoms with van der Waals surface area (Å²) in [5.41, 5.74) is 0. The van der Waals surface area contributed by atoms with Crippen molar-refractivity contribution in [3.05, 3.63) is 0 Å². The zero-order valence-corrected chi connectivity index (χ0v) is 11.2. The molecule has 2 unspecified atom stereocenters. The molecule has 5 nitrogen and oxygen atoms in total. The third kappa shape index (κ3) is 3.67. The van der Waals surface area contributed by atoms with E-state index in [0.717, 1.165) is 32.5 Å². The molecule has 0 aromatic heterocycles. The number of hydrogen-bond acceptors (Lipinski definition) is 4. The van der Waals surface area contributed by atoms with Crippen LogP contribution >= 0.6 is 0 Å². The van der Waals surface area contributed by atoms with Gasteiger partial charge in [0.05, 0.1) is 19.1 Å². The fourth-order valence-corrected chi connectivity index (χ4v) is 2.66. The predicted octanol–water partition coefficient (Wildman–Crippen LogP) is 0.250. The lowest BCUT2D eigenvalue weighted by molar-refractivity contribution is -0.136. The molecule has 2 aliphatic rings. The maximum atomic E-state index is 12.4. The Morgan fingerprint density at radius 2 is 2.39 bits per heavy atom. The van der Waals surface area contributed by atoms with E-state index in [-0.39, 0.29) is 11.8 Å². The van der Waals surface area contributed by atoms with Gasteiger partial charge in [0.15, 0.2) is 0 Å². The number of carbonyl (C=O) groups excluding carboxylic acids is 1. The molecule has 0 aromatic rings. The van der Waals surface area contributed by atoms with E-state index in [2.05, 4.69) is 5.32 Å². The standard InChI is InChI=1S/C13H24N2O3/c1-17-8-6-15(9-12-3-2-5-14-12)13(16)11-4-7-18-10-11/h11-12,14H,2-10H2,1H3. The van der Waals surface area contributed by atoms with E-state index >= 15 is 0 Å². The molecule has 2 rings (SSSR count). The van der Waals surface area contributed by atoms with Gasteiger partial charge in [-0.25, -0.2) is 0 Å². The van der Waals surface area contributed by atoms with Gasteiger partial charge >= 0.3 is 0 Å². The molecule has 18 heavy (non-hydrogen) atoms. The van der Waals surface area contributed by atoms with Gasteiger partial charge in [-0.15, -0.1) is 0 Å². The molecule has 0 bridgehead atoms. The van der Waals surface area contributed by atoms with E-state index in [1.54, 1.807) is 7.11 Å². The number of amides is 1. The van der Waals surface area contributed by atoms with Crippen molar-refractivity contribution in [2.24, 2.45) is 5.92 Å². The lowest BCUT2D eigenvalue weighted by Crippen LogP contribution is -2.45. The molecule has 2 atom stereocenters. The van der Waals surface area contributed by atoms with Crippen LogP contribution in [-0.2, 0) is 14.3 Å². The Morgan fingerprint density at radius 3 is 3.00 bits per heavy atom. The summed E-state index contributed by atoms with van der Waals surface area (Å²) in [7, 11) is 1.68. The second kappa shape index (κ2) is 7.07. The van der Waals surface area contributed by atoms with E-state index < -0.39 is 0 Å². The molecule has 0 radical (unpaired) electrons. The molecule has 104 valence electrons. The van der Waals surface area contributed by atoms with Crippen LogP contribution in [-0.4, -0.2) is 63.4 Å². The molecule has 1 amide bonds. The largest absolute Gasteiger partial charge is 0.383 e. The van der Waals surface area contributed by atoms with Gasteiger partial charge in [-0.3, -0.25) is 4.79 Å². The van der Waals surface area contributed by atoms with Crippen LogP contribution in [0.4, 0.5) is 0 Å². The third-order valence-corrected chi connectivity index (χ3v) is 3.76. The normalized spacial score (nSPS) is 27.6. The Hall–Kier alpha value is -0.650. The van der Waals surface area contributed by atoms with Crippen LogP contribution in [0.2, 0.25) is 0 Å². The summed E-state index contributed by atoms with van der Waals surface area (Å²) in [5.74, 6) is 0.293. The first kappa shape index (κ1) is 13.8. The second-order valence-electron chi connectivity index (χ2n) is 5.13. The van der Waals surface area contributed by atoms with Gasteiger partial charge in [0.2, 0.25) is 5.91 Å². The Bertz CT molecular complexity index is 261. The minimum Gasteiger partial charge on any atom is -0.383 e. The Labute approximate surface area is 109 Å². The Balaban J connectivity index is 1.87.